The Balaban J connectivity index is 1.48. The highest BCUT2D eigenvalue weighted by atomic mass is 32.1. The van der Waals surface area contributed by atoms with Crippen LogP contribution in [0, 0.1) is 5.92 Å². The Bertz CT molecular complexity index is 516. The molecule has 6 heteroatoms. The molecular weight excluding hydrogens is 330 g/mol. The van der Waals surface area contributed by atoms with Crippen molar-refractivity contribution in [3.8, 4) is 0 Å². The Labute approximate surface area is 156 Å². The van der Waals surface area contributed by atoms with Crippen LogP contribution in [0.3, 0.4) is 0 Å². The molecule has 1 atom stereocenters. The Kier molecular flexibility index (Phi) is 7.13. The molecule has 3 heterocycles. The summed E-state index contributed by atoms with van der Waals surface area (Å²) in [7, 11) is 4.09. The molecule has 2 N–H and O–H groups in total. The SMILES string of the molecule is CN=C(NCC1CCN(C)CC1)NCC(c1cccs1)N1CCCC1. The fraction of sp³-hybridized carbons (Fsp3) is 0.737. The van der Waals surface area contributed by atoms with Gasteiger partial charge in [-0.3, -0.25) is 9.89 Å². The Hall–Kier alpha value is -1.11. The van der Waals surface area contributed by atoms with Gasteiger partial charge in [0, 0.05) is 25.0 Å². The molecule has 0 bridgehead atoms. The van der Waals surface area contributed by atoms with Gasteiger partial charge in [-0.25, -0.2) is 0 Å². The fourth-order valence-electron chi connectivity index (χ4n) is 3.86. The number of hydrogen-bond acceptors (Lipinski definition) is 4. The summed E-state index contributed by atoms with van der Waals surface area (Å²) < 4.78 is 0. The second-order valence-corrected chi connectivity index (χ2v) is 8.33. The lowest BCUT2D eigenvalue weighted by atomic mass is 9.97. The minimum Gasteiger partial charge on any atom is -0.356 e. The van der Waals surface area contributed by atoms with Crippen LogP contribution in [0.2, 0.25) is 0 Å². The van der Waals surface area contributed by atoms with E-state index in [1.165, 1.54) is 56.7 Å². The molecule has 0 saturated carbocycles. The van der Waals surface area contributed by atoms with Gasteiger partial charge in [0.05, 0.1) is 6.04 Å². The summed E-state index contributed by atoms with van der Waals surface area (Å²) in [6.45, 7) is 6.81. The van der Waals surface area contributed by atoms with E-state index in [1.807, 2.05) is 18.4 Å². The Morgan fingerprint density at radius 3 is 2.64 bits per heavy atom. The Morgan fingerprint density at radius 2 is 2.00 bits per heavy atom. The smallest absolute Gasteiger partial charge is 0.191 e. The first kappa shape index (κ1) is 18.7. The van der Waals surface area contributed by atoms with Crippen LogP contribution in [0.1, 0.15) is 36.6 Å². The lowest BCUT2D eigenvalue weighted by Crippen LogP contribution is -2.45. The van der Waals surface area contributed by atoms with Gasteiger partial charge in [0.25, 0.3) is 0 Å². The number of aliphatic imine (C=N–C) groups is 1. The molecule has 3 rings (SSSR count). The number of thiophene rings is 1. The standard InChI is InChI=1S/C19H33N5S/c1-20-19(21-14-16-7-11-23(2)12-8-16)22-15-17(18-6-5-13-25-18)24-9-3-4-10-24/h5-6,13,16-17H,3-4,7-12,14-15H2,1-2H3,(H2,20,21,22). The second-order valence-electron chi connectivity index (χ2n) is 7.35. The maximum Gasteiger partial charge on any atom is 0.191 e. The van der Waals surface area contributed by atoms with Crippen LogP contribution in [0.25, 0.3) is 0 Å². The van der Waals surface area contributed by atoms with Crippen molar-refractivity contribution in [3.63, 3.8) is 0 Å². The zero-order valence-corrected chi connectivity index (χ0v) is 16.5. The van der Waals surface area contributed by atoms with E-state index in [0.717, 1.165) is 25.0 Å². The molecule has 0 aromatic carbocycles. The van der Waals surface area contributed by atoms with Gasteiger partial charge >= 0.3 is 0 Å². The molecule has 2 saturated heterocycles. The van der Waals surface area contributed by atoms with E-state index in [1.54, 1.807) is 0 Å². The lowest BCUT2D eigenvalue weighted by molar-refractivity contribution is 0.219. The molecule has 0 aliphatic carbocycles. The van der Waals surface area contributed by atoms with E-state index in [4.69, 9.17) is 0 Å². The molecule has 25 heavy (non-hydrogen) atoms. The average Bonchev–Trinajstić information content (AvgIpc) is 3.33. The molecule has 1 unspecified atom stereocenters. The fourth-order valence-corrected chi connectivity index (χ4v) is 4.73. The molecule has 0 amide bonds. The number of guanidine groups is 1. The van der Waals surface area contributed by atoms with Crippen LogP contribution in [-0.2, 0) is 0 Å². The minimum absolute atomic E-state index is 0.462. The number of piperidine rings is 1. The van der Waals surface area contributed by atoms with Gasteiger partial charge < -0.3 is 15.5 Å². The third-order valence-corrected chi connectivity index (χ3v) is 6.51. The summed E-state index contributed by atoms with van der Waals surface area (Å²) in [5, 5.41) is 9.31. The maximum atomic E-state index is 4.44. The van der Waals surface area contributed by atoms with E-state index >= 15 is 0 Å². The molecule has 2 fully saturated rings. The van der Waals surface area contributed by atoms with Gasteiger partial charge in [-0.1, -0.05) is 6.07 Å². The lowest BCUT2D eigenvalue weighted by Gasteiger charge is -2.30. The van der Waals surface area contributed by atoms with Gasteiger partial charge in [-0.15, -0.1) is 11.3 Å². The van der Waals surface area contributed by atoms with Crippen molar-refractivity contribution in [2.45, 2.75) is 31.7 Å². The number of hydrogen-bond donors (Lipinski definition) is 2. The highest BCUT2D eigenvalue weighted by molar-refractivity contribution is 7.10. The first-order valence-corrected chi connectivity index (χ1v) is 10.5. The number of nitrogens with one attached hydrogen (secondary N) is 2. The molecule has 5 nitrogen and oxygen atoms in total. The van der Waals surface area contributed by atoms with Gasteiger partial charge in [0.1, 0.15) is 0 Å². The summed E-state index contributed by atoms with van der Waals surface area (Å²) in [5.41, 5.74) is 0. The molecular formula is C19H33N5S. The van der Waals surface area contributed by atoms with Crippen molar-refractivity contribution in [1.29, 1.82) is 0 Å². The van der Waals surface area contributed by atoms with Gasteiger partial charge in [-0.05, 0) is 76.3 Å². The molecule has 1 aromatic rings. The molecule has 0 radical (unpaired) electrons. The summed E-state index contributed by atoms with van der Waals surface area (Å²) >= 11 is 1.87. The summed E-state index contributed by atoms with van der Waals surface area (Å²) in [6, 6.07) is 4.89. The van der Waals surface area contributed by atoms with Crippen LogP contribution in [0.5, 0.6) is 0 Å². The molecule has 0 spiro atoms. The molecule has 2 aliphatic rings. The largest absolute Gasteiger partial charge is 0.356 e. The van der Waals surface area contributed by atoms with E-state index in [-0.39, 0.29) is 0 Å². The third kappa shape index (κ3) is 5.43. The third-order valence-electron chi connectivity index (χ3n) is 5.54. The predicted molar refractivity (Wildman–Crippen MR) is 107 cm³/mol. The number of likely N-dealkylation sites (tertiary alicyclic amines) is 2. The molecule has 2 aliphatic heterocycles. The highest BCUT2D eigenvalue weighted by Gasteiger charge is 2.24. The summed E-state index contributed by atoms with van der Waals surface area (Å²) in [6.07, 6.45) is 5.22. The van der Waals surface area contributed by atoms with Gasteiger partial charge in [0.15, 0.2) is 5.96 Å². The summed E-state index contributed by atoms with van der Waals surface area (Å²) in [5.74, 6) is 1.71. The van der Waals surface area contributed by atoms with Crippen LogP contribution in [0.4, 0.5) is 0 Å². The summed E-state index contributed by atoms with van der Waals surface area (Å²) in [4.78, 5) is 10.9. The van der Waals surface area contributed by atoms with Crippen LogP contribution in [0.15, 0.2) is 22.5 Å². The zero-order chi connectivity index (χ0) is 17.5. The number of rotatable bonds is 6. The minimum atomic E-state index is 0.462. The molecule has 1 aromatic heterocycles. The van der Waals surface area contributed by atoms with Gasteiger partial charge in [-0.2, -0.15) is 0 Å². The van der Waals surface area contributed by atoms with Crippen molar-refractivity contribution in [1.82, 2.24) is 20.4 Å². The van der Waals surface area contributed by atoms with Crippen LogP contribution in [-0.4, -0.2) is 69.1 Å². The average molecular weight is 364 g/mol. The predicted octanol–water partition coefficient (Wildman–Crippen LogP) is 2.39. The first-order chi connectivity index (χ1) is 12.3. The van der Waals surface area contributed by atoms with E-state index < -0.39 is 0 Å². The molecule has 140 valence electrons. The van der Waals surface area contributed by atoms with Crippen molar-refractivity contribution in [2.24, 2.45) is 10.9 Å². The van der Waals surface area contributed by atoms with E-state index in [2.05, 4.69) is 50.0 Å². The zero-order valence-electron chi connectivity index (χ0n) is 15.7. The monoisotopic (exact) mass is 363 g/mol. The van der Waals surface area contributed by atoms with Crippen molar-refractivity contribution in [2.75, 3.05) is 53.4 Å². The highest BCUT2D eigenvalue weighted by Crippen LogP contribution is 2.27. The number of nitrogens with zero attached hydrogens (tertiary/aromatic N) is 3. The van der Waals surface area contributed by atoms with Gasteiger partial charge in [0.2, 0.25) is 0 Å². The van der Waals surface area contributed by atoms with Crippen molar-refractivity contribution in [3.05, 3.63) is 22.4 Å². The van der Waals surface area contributed by atoms with Crippen LogP contribution >= 0.6 is 11.3 Å². The quantitative estimate of drug-likeness (QED) is 0.602. The second kappa shape index (κ2) is 9.55. The van der Waals surface area contributed by atoms with Crippen molar-refractivity contribution < 1.29 is 0 Å². The van der Waals surface area contributed by atoms with Crippen molar-refractivity contribution >= 4 is 17.3 Å². The van der Waals surface area contributed by atoms with E-state index in [0.29, 0.717) is 6.04 Å². The normalized spacial score (nSPS) is 22.2. The topological polar surface area (TPSA) is 42.9 Å². The first-order valence-electron chi connectivity index (χ1n) is 9.67. The Morgan fingerprint density at radius 1 is 1.24 bits per heavy atom. The van der Waals surface area contributed by atoms with Crippen LogP contribution < -0.4 is 10.6 Å². The van der Waals surface area contributed by atoms with E-state index in [9.17, 15) is 0 Å². The maximum absolute atomic E-state index is 4.44.